The number of benzene rings is 1. The minimum absolute atomic E-state index is 0.0338. The molecule has 1 fully saturated rings. The van der Waals surface area contributed by atoms with E-state index in [0.29, 0.717) is 6.61 Å². The van der Waals surface area contributed by atoms with Gasteiger partial charge in [-0.05, 0) is 71.4 Å². The summed E-state index contributed by atoms with van der Waals surface area (Å²) in [6.45, 7) is 9.81. The molecule has 1 saturated heterocycles. The highest BCUT2D eigenvalue weighted by atomic mass is 16.6. The van der Waals surface area contributed by atoms with Gasteiger partial charge in [0.2, 0.25) is 0 Å². The average Bonchev–Trinajstić information content (AvgIpc) is 3.04. The lowest BCUT2D eigenvalue weighted by Crippen LogP contribution is -2.49. The van der Waals surface area contributed by atoms with Crippen molar-refractivity contribution in [2.24, 2.45) is 5.92 Å². The molecule has 8 heteroatoms. The second kappa shape index (κ2) is 11.7. The van der Waals surface area contributed by atoms with Crippen molar-refractivity contribution < 1.29 is 33.7 Å². The minimum Gasteiger partial charge on any atom is -0.481 e. The number of carboxylic acid groups (broad SMARTS) is 1. The van der Waals surface area contributed by atoms with Gasteiger partial charge in [0.15, 0.2) is 5.92 Å². The van der Waals surface area contributed by atoms with E-state index in [1.807, 2.05) is 58.9 Å². The number of hydrogen-bond acceptors (Lipinski definition) is 6. The van der Waals surface area contributed by atoms with Gasteiger partial charge in [-0.25, -0.2) is 4.79 Å². The fraction of sp³-hybridized carbons (Fsp3) is 0.654. The van der Waals surface area contributed by atoms with Crippen molar-refractivity contribution in [2.45, 2.75) is 90.5 Å². The number of carbonyl (C=O) groups is 3. The number of rotatable bonds is 10. The highest BCUT2D eigenvalue weighted by Crippen LogP contribution is 2.32. The van der Waals surface area contributed by atoms with Crippen LogP contribution in [0.3, 0.4) is 0 Å². The van der Waals surface area contributed by atoms with E-state index in [-0.39, 0.29) is 18.6 Å². The number of amides is 1. The maximum absolute atomic E-state index is 12.8. The van der Waals surface area contributed by atoms with Crippen molar-refractivity contribution in [3.63, 3.8) is 0 Å². The van der Waals surface area contributed by atoms with Crippen LogP contribution in [0.5, 0.6) is 0 Å². The van der Waals surface area contributed by atoms with Crippen LogP contribution >= 0.6 is 0 Å². The first-order chi connectivity index (χ1) is 15.9. The largest absolute Gasteiger partial charge is 0.481 e. The van der Waals surface area contributed by atoms with Gasteiger partial charge in [0, 0.05) is 0 Å². The van der Waals surface area contributed by atoms with Gasteiger partial charge in [-0.1, -0.05) is 37.1 Å². The molecule has 34 heavy (non-hydrogen) atoms. The fourth-order valence-corrected chi connectivity index (χ4v) is 4.28. The van der Waals surface area contributed by atoms with E-state index < -0.39 is 29.2 Å². The lowest BCUT2D eigenvalue weighted by Gasteiger charge is -2.35. The van der Waals surface area contributed by atoms with Crippen molar-refractivity contribution >= 4 is 18.0 Å². The van der Waals surface area contributed by atoms with Crippen LogP contribution in [0.2, 0.25) is 0 Å². The quantitative estimate of drug-likeness (QED) is 0.299. The van der Waals surface area contributed by atoms with Gasteiger partial charge >= 0.3 is 18.0 Å². The molecule has 1 N–H and O–H groups in total. The second-order valence-corrected chi connectivity index (χ2v) is 10.2. The van der Waals surface area contributed by atoms with Crippen molar-refractivity contribution in [3.05, 3.63) is 35.4 Å². The number of unbranched alkanes of at least 4 members (excludes halogenated alkanes) is 2. The van der Waals surface area contributed by atoms with Crippen LogP contribution in [0.25, 0.3) is 0 Å². The summed E-state index contributed by atoms with van der Waals surface area (Å²) in [5, 5.41) is 9.39. The summed E-state index contributed by atoms with van der Waals surface area (Å²) in [5.41, 5.74) is 0.619. The van der Waals surface area contributed by atoms with Gasteiger partial charge in [-0.3, -0.25) is 14.5 Å². The third-order valence-corrected chi connectivity index (χ3v) is 5.97. The third-order valence-electron chi connectivity index (χ3n) is 5.97. The zero-order valence-corrected chi connectivity index (χ0v) is 21.3. The van der Waals surface area contributed by atoms with Gasteiger partial charge in [0.05, 0.1) is 19.8 Å². The Morgan fingerprint density at radius 2 is 1.79 bits per heavy atom. The smallest absolute Gasteiger partial charge is 0.412 e. The summed E-state index contributed by atoms with van der Waals surface area (Å²) < 4.78 is 16.1. The van der Waals surface area contributed by atoms with Crippen LogP contribution in [0.4, 0.5) is 4.79 Å². The number of aliphatic carboxylic acids is 1. The zero-order chi connectivity index (χ0) is 25.5. The summed E-state index contributed by atoms with van der Waals surface area (Å²) >= 11 is 0. The molecule has 1 heterocycles. The maximum atomic E-state index is 12.8. The van der Waals surface area contributed by atoms with E-state index >= 15 is 0 Å². The molecule has 0 spiro atoms. The zero-order valence-electron chi connectivity index (χ0n) is 21.3. The molecule has 1 unspecified atom stereocenters. The number of esters is 1. The first kappa shape index (κ1) is 27.6. The van der Waals surface area contributed by atoms with E-state index in [1.165, 1.54) is 7.11 Å². The maximum Gasteiger partial charge on any atom is 0.412 e. The Morgan fingerprint density at radius 1 is 1.15 bits per heavy atom. The average molecular weight is 478 g/mol. The molecule has 0 aliphatic carbocycles. The number of methoxy groups -OCH3 is 1. The Morgan fingerprint density at radius 3 is 2.38 bits per heavy atom. The molecular formula is C26H39NO7. The minimum atomic E-state index is -1.21. The van der Waals surface area contributed by atoms with E-state index in [9.17, 15) is 19.5 Å². The van der Waals surface area contributed by atoms with E-state index in [4.69, 9.17) is 9.47 Å². The van der Waals surface area contributed by atoms with Crippen LogP contribution < -0.4 is 0 Å². The van der Waals surface area contributed by atoms with Crippen molar-refractivity contribution in [1.82, 2.24) is 4.90 Å². The van der Waals surface area contributed by atoms with E-state index in [2.05, 4.69) is 4.74 Å². The second-order valence-electron chi connectivity index (χ2n) is 10.2. The highest BCUT2D eigenvalue weighted by Gasteiger charge is 2.45. The molecule has 0 saturated carbocycles. The number of hydrogen-bond donors (Lipinski definition) is 1. The number of carbonyl (C=O) groups excluding carboxylic acids is 2. The van der Waals surface area contributed by atoms with Crippen LogP contribution in [0.1, 0.15) is 71.4 Å². The van der Waals surface area contributed by atoms with E-state index in [1.54, 1.807) is 4.90 Å². The SMILES string of the molecule is COC(=O)C(Cc1ccccc1CCCCC[C@H]1COC(C)(C)N1C(=O)OC(C)(C)C)C(=O)O. The van der Waals surface area contributed by atoms with Crippen LogP contribution in [0, 0.1) is 5.92 Å². The number of ether oxygens (including phenoxy) is 3. The fourth-order valence-electron chi connectivity index (χ4n) is 4.28. The molecule has 1 aromatic carbocycles. The van der Waals surface area contributed by atoms with Gasteiger partial charge in [-0.2, -0.15) is 0 Å². The van der Waals surface area contributed by atoms with E-state index in [0.717, 1.165) is 43.2 Å². The Bertz CT molecular complexity index is 859. The summed E-state index contributed by atoms with van der Waals surface area (Å²) in [7, 11) is 1.20. The van der Waals surface area contributed by atoms with Crippen molar-refractivity contribution in [2.75, 3.05) is 13.7 Å². The Labute approximate surface area is 202 Å². The third kappa shape index (κ3) is 7.72. The lowest BCUT2D eigenvalue weighted by molar-refractivity contribution is -0.156. The number of nitrogens with zero attached hydrogens (tertiary/aromatic N) is 1. The molecule has 1 aliphatic rings. The molecular weight excluding hydrogens is 438 g/mol. The summed E-state index contributed by atoms with van der Waals surface area (Å²) in [4.78, 5) is 37.8. The predicted molar refractivity (Wildman–Crippen MR) is 127 cm³/mol. The Kier molecular flexibility index (Phi) is 9.50. The molecule has 1 amide bonds. The molecule has 190 valence electrons. The van der Waals surface area contributed by atoms with Gasteiger partial charge in [-0.15, -0.1) is 0 Å². The molecule has 1 aromatic rings. The number of aryl methyl sites for hydroxylation is 1. The predicted octanol–water partition coefficient (Wildman–Crippen LogP) is 4.58. The Hall–Kier alpha value is -2.61. The molecule has 0 bridgehead atoms. The lowest BCUT2D eigenvalue weighted by atomic mass is 9.93. The molecule has 2 rings (SSSR count). The first-order valence-electron chi connectivity index (χ1n) is 11.9. The van der Waals surface area contributed by atoms with Crippen molar-refractivity contribution in [1.29, 1.82) is 0 Å². The monoisotopic (exact) mass is 477 g/mol. The molecule has 0 aromatic heterocycles. The molecule has 1 aliphatic heterocycles. The molecule has 8 nitrogen and oxygen atoms in total. The summed E-state index contributed by atoms with van der Waals surface area (Å²) in [5.74, 6) is -3.13. The van der Waals surface area contributed by atoms with Gasteiger partial charge < -0.3 is 19.3 Å². The Balaban J connectivity index is 1.90. The topological polar surface area (TPSA) is 102 Å². The van der Waals surface area contributed by atoms with Gasteiger partial charge in [0.1, 0.15) is 11.3 Å². The first-order valence-corrected chi connectivity index (χ1v) is 11.9. The van der Waals surface area contributed by atoms with Gasteiger partial charge in [0.25, 0.3) is 0 Å². The number of carboxylic acids is 1. The van der Waals surface area contributed by atoms with Crippen LogP contribution in [-0.2, 0) is 36.6 Å². The molecule has 2 atom stereocenters. The summed E-state index contributed by atoms with van der Waals surface area (Å²) in [6.07, 6.45) is 4.14. The highest BCUT2D eigenvalue weighted by molar-refractivity contribution is 5.94. The molecule has 0 radical (unpaired) electrons. The van der Waals surface area contributed by atoms with Crippen LogP contribution in [-0.4, -0.2) is 59.1 Å². The normalized spacial score (nSPS) is 18.4. The van der Waals surface area contributed by atoms with Crippen molar-refractivity contribution in [3.8, 4) is 0 Å². The standard InChI is InChI=1S/C26H39NO7/c1-25(2,3)34-24(31)27-20(17-33-26(27,4)5)15-9-7-8-12-18-13-10-11-14-19(18)16-21(22(28)29)23(30)32-6/h10-11,13-14,20-21H,7-9,12,15-17H2,1-6H3,(H,28,29)/t20-,21?/m0/s1. The van der Waals surface area contributed by atoms with Crippen LogP contribution in [0.15, 0.2) is 24.3 Å². The summed E-state index contributed by atoms with van der Waals surface area (Å²) in [6, 6.07) is 7.58.